The molecule has 6 nitrogen and oxygen atoms in total. The van der Waals surface area contributed by atoms with Crippen molar-refractivity contribution in [1.29, 1.82) is 0 Å². The number of halogens is 3. The van der Waals surface area contributed by atoms with Crippen LogP contribution in [0.2, 0.25) is 15.1 Å². The molecule has 3 aromatic rings. The number of nitrogens with two attached hydrogens (primary N) is 1. The van der Waals surface area contributed by atoms with E-state index in [-0.39, 0.29) is 10.9 Å². The number of nitrogens with zero attached hydrogens (tertiary/aromatic N) is 1. The first-order chi connectivity index (χ1) is 14.3. The molecular weight excluding hydrogens is 469 g/mol. The van der Waals surface area contributed by atoms with Gasteiger partial charge >= 0.3 is 0 Å². The van der Waals surface area contributed by atoms with Crippen LogP contribution in [-0.4, -0.2) is 25.0 Å². The molecule has 0 unspecified atom stereocenters. The third kappa shape index (κ3) is 6.42. The predicted octanol–water partition coefficient (Wildman–Crippen LogP) is 5.66. The van der Waals surface area contributed by atoms with E-state index in [9.17, 15) is 4.79 Å². The van der Waals surface area contributed by atoms with Gasteiger partial charge in [-0.3, -0.25) is 9.52 Å². The summed E-state index contributed by atoms with van der Waals surface area (Å²) in [6, 6.07) is 11.4. The van der Waals surface area contributed by atoms with E-state index in [4.69, 9.17) is 50.0 Å². The number of carbonyl (C=O) groups is 1. The van der Waals surface area contributed by atoms with E-state index in [0.717, 1.165) is 0 Å². The molecule has 158 valence electrons. The van der Waals surface area contributed by atoms with Crippen LogP contribution in [0, 0.1) is 0 Å². The number of nitrogens with one attached hydrogen (secondary N) is 1. The molecule has 3 N–H and O–H groups in total. The summed E-state index contributed by atoms with van der Waals surface area (Å²) in [5, 5.41) is 1.15. The Morgan fingerprint density at radius 2 is 1.73 bits per heavy atom. The monoisotopic (exact) mass is 485 g/mol. The molecule has 1 amide bonds. The highest BCUT2D eigenvalue weighted by Crippen LogP contribution is 2.36. The Balaban J connectivity index is 0.00000101. The van der Waals surface area contributed by atoms with Gasteiger partial charge in [0.2, 0.25) is 11.8 Å². The highest BCUT2D eigenvalue weighted by Gasteiger charge is 2.13. The van der Waals surface area contributed by atoms with Gasteiger partial charge in [-0.2, -0.15) is 0 Å². The van der Waals surface area contributed by atoms with Gasteiger partial charge in [0.25, 0.3) is 0 Å². The molecule has 0 aliphatic carbocycles. The number of hydrogen-bond acceptors (Lipinski definition) is 6. The molecule has 2 aromatic carbocycles. The van der Waals surface area contributed by atoms with Crippen molar-refractivity contribution in [3.8, 4) is 28.5 Å². The summed E-state index contributed by atoms with van der Waals surface area (Å²) >= 11 is 21.8. The number of thiol groups is 1. The number of ether oxygens (including phenoxy) is 2. The van der Waals surface area contributed by atoms with Crippen LogP contribution < -0.4 is 19.9 Å². The lowest BCUT2D eigenvalue weighted by atomic mass is 10.0. The van der Waals surface area contributed by atoms with Gasteiger partial charge in [-0.1, -0.05) is 47.6 Å². The minimum atomic E-state index is -0.542. The van der Waals surface area contributed by atoms with Gasteiger partial charge in [0.05, 0.1) is 7.11 Å². The summed E-state index contributed by atoms with van der Waals surface area (Å²) in [5.74, 6) is 0.545. The summed E-state index contributed by atoms with van der Waals surface area (Å²) in [7, 11) is 3.24. The van der Waals surface area contributed by atoms with Crippen LogP contribution in [0.25, 0.3) is 11.1 Å². The highest BCUT2D eigenvalue weighted by molar-refractivity contribution is 7.78. The summed E-state index contributed by atoms with van der Waals surface area (Å²) in [6.07, 6.45) is 1.58. The molecule has 0 saturated carbocycles. The van der Waals surface area contributed by atoms with Gasteiger partial charge in [0, 0.05) is 32.9 Å². The molecule has 0 spiro atoms. The predicted molar refractivity (Wildman–Crippen MR) is 124 cm³/mol. The van der Waals surface area contributed by atoms with Gasteiger partial charge < -0.3 is 15.2 Å². The fourth-order valence-corrected chi connectivity index (χ4v) is 3.14. The molecule has 1 aromatic heterocycles. The second-order valence-corrected chi connectivity index (χ2v) is 7.45. The van der Waals surface area contributed by atoms with Gasteiger partial charge in [0.15, 0.2) is 0 Å². The number of benzene rings is 2. The van der Waals surface area contributed by atoms with E-state index >= 15 is 0 Å². The van der Waals surface area contributed by atoms with E-state index in [2.05, 4.69) is 22.5 Å². The minimum Gasteiger partial charge on any atom is -0.496 e. The van der Waals surface area contributed by atoms with Crippen molar-refractivity contribution in [3.63, 3.8) is 0 Å². The number of amides is 1. The largest absolute Gasteiger partial charge is 0.496 e. The molecule has 30 heavy (non-hydrogen) atoms. The molecule has 0 radical (unpaired) electrons. The zero-order valence-electron chi connectivity index (χ0n) is 15.9. The lowest BCUT2D eigenvalue weighted by molar-refractivity contribution is 0.1000. The number of primary amides is 1. The van der Waals surface area contributed by atoms with Crippen molar-refractivity contribution in [3.05, 3.63) is 69.3 Å². The van der Waals surface area contributed by atoms with Crippen LogP contribution in [0.1, 0.15) is 10.4 Å². The quantitative estimate of drug-likeness (QED) is 0.405. The standard InChI is InChI=1S/C19H13Cl3N2O3.CH5NS/c1-26-17-5-10(18(23)25)2-3-15(17)11-4-16(22)19(24-9-11)27-14-7-12(20)6-13(21)8-14;1-2-3/h2-9H,1H3,(H2,23,25);2-3H,1H3. The van der Waals surface area contributed by atoms with Crippen LogP contribution >= 0.6 is 47.6 Å². The van der Waals surface area contributed by atoms with E-state index in [0.29, 0.717) is 38.2 Å². The third-order valence-electron chi connectivity index (χ3n) is 3.66. The van der Waals surface area contributed by atoms with E-state index in [1.807, 2.05) is 0 Å². The molecular formula is C20H18Cl3N3O3S. The second-order valence-electron chi connectivity index (χ2n) is 5.72. The summed E-state index contributed by atoms with van der Waals surface area (Å²) in [6.45, 7) is 0. The molecule has 1 heterocycles. The number of carbonyl (C=O) groups excluding carboxylic acids is 1. The molecule has 0 bridgehead atoms. The minimum absolute atomic E-state index is 0.200. The van der Waals surface area contributed by atoms with Crippen molar-refractivity contribution in [2.75, 3.05) is 14.2 Å². The highest BCUT2D eigenvalue weighted by atomic mass is 35.5. The molecule has 3 rings (SSSR count). The summed E-state index contributed by atoms with van der Waals surface area (Å²) < 4.78 is 13.5. The van der Waals surface area contributed by atoms with Crippen molar-refractivity contribution in [2.24, 2.45) is 5.73 Å². The topological polar surface area (TPSA) is 86.5 Å². The van der Waals surface area contributed by atoms with Gasteiger partial charge in [0.1, 0.15) is 16.5 Å². The van der Waals surface area contributed by atoms with Gasteiger partial charge in [-0.25, -0.2) is 4.98 Å². The van der Waals surface area contributed by atoms with Crippen LogP contribution in [0.5, 0.6) is 17.4 Å². The number of pyridine rings is 1. The first-order valence-corrected chi connectivity index (χ1v) is 9.95. The van der Waals surface area contributed by atoms with Crippen molar-refractivity contribution in [1.82, 2.24) is 9.71 Å². The molecule has 0 atom stereocenters. The average Bonchev–Trinajstić information content (AvgIpc) is 2.69. The summed E-state index contributed by atoms with van der Waals surface area (Å²) in [4.78, 5) is 15.6. The van der Waals surface area contributed by atoms with Crippen molar-refractivity contribution < 1.29 is 14.3 Å². The molecule has 0 fully saturated rings. The normalized spacial score (nSPS) is 10.1. The Morgan fingerprint density at radius 3 is 2.27 bits per heavy atom. The first-order valence-electron chi connectivity index (χ1n) is 8.37. The number of methoxy groups -OCH3 is 1. The number of hydrogen-bond donors (Lipinski definition) is 3. The van der Waals surface area contributed by atoms with Crippen LogP contribution in [-0.2, 0) is 0 Å². The van der Waals surface area contributed by atoms with E-state index < -0.39 is 5.91 Å². The zero-order valence-corrected chi connectivity index (χ0v) is 19.1. The van der Waals surface area contributed by atoms with Crippen LogP contribution in [0.4, 0.5) is 0 Å². The smallest absolute Gasteiger partial charge is 0.248 e. The molecule has 0 saturated heterocycles. The number of aromatic nitrogens is 1. The SMILES string of the molecule is CNS.COc1cc(C(N)=O)ccc1-c1cnc(Oc2cc(Cl)cc(Cl)c2)c(Cl)c1. The number of rotatable bonds is 5. The zero-order chi connectivity index (χ0) is 22.3. The van der Waals surface area contributed by atoms with Gasteiger partial charge in [-0.05, 0) is 49.5 Å². The fraction of sp³-hybridized carbons (Fsp3) is 0.100. The summed E-state index contributed by atoms with van der Waals surface area (Å²) in [5.41, 5.74) is 7.03. The second kappa shape index (κ2) is 11.3. The Kier molecular flexibility index (Phi) is 9.08. The van der Waals surface area contributed by atoms with Crippen molar-refractivity contribution >= 4 is 53.5 Å². The Labute approximate surface area is 194 Å². The Hall–Kier alpha value is -2.16. The third-order valence-corrected chi connectivity index (χ3v) is 4.36. The maximum Gasteiger partial charge on any atom is 0.248 e. The average molecular weight is 487 g/mol. The van der Waals surface area contributed by atoms with Crippen LogP contribution in [0.15, 0.2) is 48.7 Å². The molecule has 0 aliphatic heterocycles. The Morgan fingerprint density at radius 1 is 1.10 bits per heavy atom. The van der Waals surface area contributed by atoms with Crippen molar-refractivity contribution in [2.45, 2.75) is 0 Å². The van der Waals surface area contributed by atoms with Crippen LogP contribution in [0.3, 0.4) is 0 Å². The van der Waals surface area contributed by atoms with Gasteiger partial charge in [-0.15, -0.1) is 0 Å². The lowest BCUT2D eigenvalue weighted by Crippen LogP contribution is -2.10. The maximum absolute atomic E-state index is 11.3. The molecule has 0 aliphatic rings. The lowest BCUT2D eigenvalue weighted by Gasteiger charge is -2.12. The Bertz CT molecular complexity index is 1030. The van der Waals surface area contributed by atoms with E-state index in [1.165, 1.54) is 7.11 Å². The maximum atomic E-state index is 11.3. The fourth-order valence-electron chi connectivity index (χ4n) is 2.43. The molecule has 10 heteroatoms. The van der Waals surface area contributed by atoms with E-state index in [1.54, 1.807) is 55.7 Å². The first kappa shape index (κ1) is 24.1.